The van der Waals surface area contributed by atoms with E-state index in [-0.39, 0.29) is 0 Å². The summed E-state index contributed by atoms with van der Waals surface area (Å²) >= 11 is 1.75. The number of benzene rings is 1. The quantitative estimate of drug-likeness (QED) is 0.703. The Morgan fingerprint density at radius 3 is 3.08 bits per heavy atom. The largest absolute Gasteiger partial charge is 0.245 e. The second kappa shape index (κ2) is 3.46. The Morgan fingerprint density at radius 2 is 2.31 bits per heavy atom. The number of rotatable bonds is 2. The van der Waals surface area contributed by atoms with Gasteiger partial charge in [0.2, 0.25) is 0 Å². The topological polar surface area (TPSA) is 12.9 Å². The van der Waals surface area contributed by atoms with Gasteiger partial charge >= 0.3 is 0 Å². The predicted octanol–water partition coefficient (Wildman–Crippen LogP) is 3.81. The van der Waals surface area contributed by atoms with E-state index in [1.807, 2.05) is 5.51 Å². The molecule has 2 rings (SSSR count). The lowest BCUT2D eigenvalue weighted by Gasteiger charge is -2.08. The molecule has 0 aliphatic carbocycles. The molecular formula is C11H13NS. The molecule has 0 bridgehead atoms. The van der Waals surface area contributed by atoms with Crippen molar-refractivity contribution < 1.29 is 0 Å². The highest BCUT2D eigenvalue weighted by Gasteiger charge is 2.08. The molecule has 1 heterocycles. The van der Waals surface area contributed by atoms with Crippen LogP contribution in [-0.2, 0) is 0 Å². The zero-order valence-electron chi connectivity index (χ0n) is 7.95. The van der Waals surface area contributed by atoms with Crippen LogP contribution in [0.3, 0.4) is 0 Å². The Balaban J connectivity index is 2.60. The van der Waals surface area contributed by atoms with Crippen molar-refractivity contribution in [1.29, 1.82) is 0 Å². The van der Waals surface area contributed by atoms with Crippen molar-refractivity contribution in [2.45, 2.75) is 26.2 Å². The Labute approximate surface area is 82.4 Å². The van der Waals surface area contributed by atoms with Gasteiger partial charge in [-0.1, -0.05) is 26.0 Å². The van der Waals surface area contributed by atoms with Crippen molar-refractivity contribution in [3.63, 3.8) is 0 Å². The van der Waals surface area contributed by atoms with Crippen LogP contribution in [0.1, 0.15) is 31.7 Å². The summed E-state index contributed by atoms with van der Waals surface area (Å²) in [6, 6.07) is 6.40. The molecule has 1 atom stereocenters. The summed E-state index contributed by atoms with van der Waals surface area (Å²) in [4.78, 5) is 4.31. The number of hydrogen-bond acceptors (Lipinski definition) is 2. The van der Waals surface area contributed by atoms with Crippen LogP contribution in [0.4, 0.5) is 0 Å². The van der Waals surface area contributed by atoms with Crippen LogP contribution in [0.2, 0.25) is 0 Å². The van der Waals surface area contributed by atoms with Crippen LogP contribution >= 0.6 is 11.3 Å². The van der Waals surface area contributed by atoms with Gasteiger partial charge in [0.1, 0.15) is 0 Å². The molecule has 1 unspecified atom stereocenters. The molecule has 0 amide bonds. The highest BCUT2D eigenvalue weighted by atomic mass is 32.1. The van der Waals surface area contributed by atoms with Gasteiger partial charge in [-0.15, -0.1) is 11.3 Å². The first-order valence-corrected chi connectivity index (χ1v) is 5.53. The van der Waals surface area contributed by atoms with Gasteiger partial charge in [-0.3, -0.25) is 0 Å². The molecule has 13 heavy (non-hydrogen) atoms. The summed E-state index contributed by atoms with van der Waals surface area (Å²) in [7, 11) is 0. The Bertz CT molecular complexity index is 405. The van der Waals surface area contributed by atoms with E-state index in [0.717, 1.165) is 5.52 Å². The first-order chi connectivity index (χ1) is 6.33. The van der Waals surface area contributed by atoms with Crippen molar-refractivity contribution >= 4 is 21.6 Å². The number of aromatic nitrogens is 1. The summed E-state index contributed by atoms with van der Waals surface area (Å²) in [6.45, 7) is 4.50. The fraction of sp³-hybridized carbons (Fsp3) is 0.364. The minimum atomic E-state index is 0.643. The molecule has 0 aliphatic rings. The van der Waals surface area contributed by atoms with E-state index in [9.17, 15) is 0 Å². The van der Waals surface area contributed by atoms with Gasteiger partial charge < -0.3 is 0 Å². The number of fused-ring (bicyclic) bond motifs is 1. The lowest BCUT2D eigenvalue weighted by molar-refractivity contribution is 0.740. The summed E-state index contributed by atoms with van der Waals surface area (Å²) < 4.78 is 1.36. The normalized spacial score (nSPS) is 13.4. The van der Waals surface area contributed by atoms with Crippen molar-refractivity contribution in [2.75, 3.05) is 0 Å². The highest BCUT2D eigenvalue weighted by Crippen LogP contribution is 2.29. The van der Waals surface area contributed by atoms with Gasteiger partial charge in [-0.05, 0) is 24.0 Å². The van der Waals surface area contributed by atoms with Crippen molar-refractivity contribution in [3.8, 4) is 0 Å². The first kappa shape index (κ1) is 8.70. The lowest BCUT2D eigenvalue weighted by Crippen LogP contribution is -1.90. The van der Waals surface area contributed by atoms with Crippen LogP contribution in [0.15, 0.2) is 23.7 Å². The minimum Gasteiger partial charge on any atom is -0.245 e. The average molecular weight is 191 g/mol. The second-order valence-electron chi connectivity index (χ2n) is 3.36. The molecule has 0 saturated heterocycles. The van der Waals surface area contributed by atoms with Gasteiger partial charge in [0.05, 0.1) is 15.7 Å². The van der Waals surface area contributed by atoms with Crippen molar-refractivity contribution in [1.82, 2.24) is 4.98 Å². The smallest absolute Gasteiger partial charge is 0.0814 e. The molecule has 0 spiro atoms. The van der Waals surface area contributed by atoms with Crippen LogP contribution in [0.25, 0.3) is 10.2 Å². The monoisotopic (exact) mass is 191 g/mol. The molecular weight excluding hydrogens is 178 g/mol. The van der Waals surface area contributed by atoms with Crippen LogP contribution in [-0.4, -0.2) is 4.98 Å². The van der Waals surface area contributed by atoms with E-state index in [0.29, 0.717) is 5.92 Å². The van der Waals surface area contributed by atoms with E-state index < -0.39 is 0 Å². The molecule has 1 aromatic heterocycles. The highest BCUT2D eigenvalue weighted by molar-refractivity contribution is 7.16. The number of thiazole rings is 1. The van der Waals surface area contributed by atoms with E-state index in [4.69, 9.17) is 0 Å². The molecule has 2 heteroatoms. The Hall–Kier alpha value is -0.890. The molecule has 0 saturated carbocycles. The molecule has 2 aromatic rings. The van der Waals surface area contributed by atoms with Crippen molar-refractivity contribution in [3.05, 3.63) is 29.3 Å². The SMILES string of the molecule is CCC(C)c1cccc2ncsc12. The summed E-state index contributed by atoms with van der Waals surface area (Å²) in [5.41, 5.74) is 4.52. The van der Waals surface area contributed by atoms with Gasteiger partial charge in [0.25, 0.3) is 0 Å². The number of nitrogens with zero attached hydrogens (tertiary/aromatic N) is 1. The van der Waals surface area contributed by atoms with Gasteiger partial charge in [0, 0.05) is 0 Å². The van der Waals surface area contributed by atoms with E-state index >= 15 is 0 Å². The number of hydrogen-bond donors (Lipinski definition) is 0. The average Bonchev–Trinajstić information content (AvgIpc) is 2.63. The molecule has 1 aromatic carbocycles. The zero-order chi connectivity index (χ0) is 9.26. The molecule has 0 fully saturated rings. The van der Waals surface area contributed by atoms with Crippen molar-refractivity contribution in [2.24, 2.45) is 0 Å². The molecule has 0 radical (unpaired) electrons. The second-order valence-corrected chi connectivity index (χ2v) is 4.21. The molecule has 68 valence electrons. The van der Waals surface area contributed by atoms with E-state index in [2.05, 4.69) is 37.0 Å². The lowest BCUT2D eigenvalue weighted by atomic mass is 9.98. The van der Waals surface area contributed by atoms with Gasteiger partial charge in [-0.25, -0.2) is 4.98 Å². The van der Waals surface area contributed by atoms with Gasteiger partial charge in [0.15, 0.2) is 0 Å². The summed E-state index contributed by atoms with van der Waals surface area (Å²) in [5, 5.41) is 0. The Kier molecular flexibility index (Phi) is 2.32. The Morgan fingerprint density at radius 1 is 1.46 bits per heavy atom. The maximum Gasteiger partial charge on any atom is 0.0814 e. The van der Waals surface area contributed by atoms with Crippen LogP contribution < -0.4 is 0 Å². The third-order valence-corrected chi connectivity index (χ3v) is 3.42. The fourth-order valence-corrected chi connectivity index (χ4v) is 2.43. The summed E-state index contributed by atoms with van der Waals surface area (Å²) in [5.74, 6) is 0.643. The van der Waals surface area contributed by atoms with Crippen LogP contribution in [0, 0.1) is 0 Å². The standard InChI is InChI=1S/C11H13NS/c1-3-8(2)9-5-4-6-10-11(9)13-7-12-10/h4-8H,3H2,1-2H3. The maximum atomic E-state index is 4.31. The van der Waals surface area contributed by atoms with Crippen LogP contribution in [0.5, 0.6) is 0 Å². The molecule has 1 nitrogen and oxygen atoms in total. The molecule has 0 N–H and O–H groups in total. The maximum absolute atomic E-state index is 4.31. The first-order valence-electron chi connectivity index (χ1n) is 4.65. The molecule has 0 aliphatic heterocycles. The predicted molar refractivity (Wildman–Crippen MR) is 58.3 cm³/mol. The fourth-order valence-electron chi connectivity index (χ4n) is 1.52. The zero-order valence-corrected chi connectivity index (χ0v) is 8.77. The third kappa shape index (κ3) is 1.46. The van der Waals surface area contributed by atoms with E-state index in [1.54, 1.807) is 11.3 Å². The van der Waals surface area contributed by atoms with Gasteiger partial charge in [-0.2, -0.15) is 0 Å². The third-order valence-electron chi connectivity index (χ3n) is 2.53. The van der Waals surface area contributed by atoms with E-state index in [1.165, 1.54) is 16.7 Å². The summed E-state index contributed by atoms with van der Waals surface area (Å²) in [6.07, 6.45) is 1.19. The minimum absolute atomic E-state index is 0.643.